The van der Waals surface area contributed by atoms with Gasteiger partial charge in [-0.2, -0.15) is 0 Å². The minimum absolute atomic E-state index is 0. The van der Waals surface area contributed by atoms with Crippen molar-refractivity contribution in [3.05, 3.63) is 103 Å². The Labute approximate surface area is 712 Å². The topological polar surface area (TPSA) is 502 Å². The van der Waals surface area contributed by atoms with E-state index in [1.54, 1.807) is 79.6 Å². The Hall–Kier alpha value is -9.45. The van der Waals surface area contributed by atoms with Gasteiger partial charge >= 0.3 is 111 Å². The molecule has 0 aliphatic carbocycles. The van der Waals surface area contributed by atoms with Crippen molar-refractivity contribution in [1.82, 2.24) is 72.5 Å². The molecular weight excluding hydrogens is 1690 g/mol. The van der Waals surface area contributed by atoms with Gasteiger partial charge in [0.05, 0.1) is 95.6 Å². The first kappa shape index (κ1) is 97.4. The number of amides is 3. The van der Waals surface area contributed by atoms with Crippen molar-refractivity contribution in [2.75, 3.05) is 271 Å². The summed E-state index contributed by atoms with van der Waals surface area (Å²) in [6.07, 6.45) is 0. The number of carbonyl (C=O) groups is 12. The molecule has 118 heavy (non-hydrogen) atoms. The van der Waals surface area contributed by atoms with Crippen LogP contribution < -0.4 is 31.8 Å². The summed E-state index contributed by atoms with van der Waals surface area (Å²) in [4.78, 5) is 221. The van der Waals surface area contributed by atoms with E-state index in [9.17, 15) is 103 Å². The van der Waals surface area contributed by atoms with E-state index in [-0.39, 0.29) is 287 Å². The van der Waals surface area contributed by atoms with E-state index in [0.717, 1.165) is 13.7 Å². The van der Waals surface area contributed by atoms with Crippen LogP contribution in [0.2, 0.25) is 0 Å². The summed E-state index contributed by atoms with van der Waals surface area (Å²) in [5.74, 6) is -11.6. The number of hydrogen-bond donors (Lipinski definition) is 9. The maximum Gasteiger partial charge on any atom is 3.00 e. The van der Waals surface area contributed by atoms with Crippen LogP contribution in [-0.2, 0) is 57.5 Å². The summed E-state index contributed by atoms with van der Waals surface area (Å²) in [6.45, 7) is 3.83. The Kier molecular flexibility index (Phi) is 38.6. The Morgan fingerprint density at radius 3 is 0.492 bits per heavy atom. The first-order chi connectivity index (χ1) is 55.3. The number of likely N-dealkylation sites (N-methyl/N-ethyl adjacent to an activating group) is 3. The molecule has 0 unspecified atom stereocenters. The molecule has 3 aromatic carbocycles. The van der Waals surface area contributed by atoms with Gasteiger partial charge in [0.1, 0.15) is 0 Å². The molecule has 0 atom stereocenters. The number of aliphatic carboxylic acids is 9. The molecule has 647 valence electrons. The molecule has 4 heterocycles. The smallest absolute Gasteiger partial charge is 0.480 e. The van der Waals surface area contributed by atoms with Crippen molar-refractivity contribution < 1.29 is 143 Å². The minimum atomic E-state index is -1.15. The number of carboxylic acid groups (broad SMARTS) is 9. The second kappa shape index (κ2) is 46.8. The summed E-state index contributed by atoms with van der Waals surface area (Å²) in [7, 11) is 4.45. The van der Waals surface area contributed by atoms with Crippen LogP contribution in [0.3, 0.4) is 0 Å². The normalized spacial score (nSPS) is 17.3. The Bertz CT molecular complexity index is 3870. The predicted octanol–water partition coefficient (Wildman–Crippen LogP) is -4.62. The van der Waals surface area contributed by atoms with Gasteiger partial charge < -0.3 is 60.7 Å². The number of carbonyl (C=O) groups excluding carboxylic acids is 3. The molecule has 3 aliphatic rings. The van der Waals surface area contributed by atoms with E-state index in [1.165, 1.54) is 90.4 Å². The van der Waals surface area contributed by atoms with Gasteiger partial charge in [0.15, 0.2) is 0 Å². The number of hydrogen-bond acceptors (Lipinski definition) is 27. The van der Waals surface area contributed by atoms with E-state index in [0.29, 0.717) is 0 Å². The van der Waals surface area contributed by atoms with Gasteiger partial charge in [-0.3, -0.25) is 116 Å². The largest absolute Gasteiger partial charge is 3.00 e. The first-order valence-electron chi connectivity index (χ1n) is 38.1. The molecular formula is C75H108GdN18O24+3. The van der Waals surface area contributed by atoms with Gasteiger partial charge in [0.25, 0.3) is 0 Å². The third-order valence-corrected chi connectivity index (χ3v) is 20.8. The van der Waals surface area contributed by atoms with Crippen LogP contribution in [0.5, 0.6) is 0 Å². The molecule has 3 aliphatic heterocycles. The zero-order chi connectivity index (χ0) is 86.1. The van der Waals surface area contributed by atoms with Gasteiger partial charge in [0.2, 0.25) is 17.7 Å². The first-order valence-corrected chi connectivity index (χ1v) is 38.1. The number of rotatable bonds is 30. The second-order valence-corrected chi connectivity index (χ2v) is 29.5. The second-order valence-electron chi connectivity index (χ2n) is 29.5. The molecule has 9 N–H and O–H groups in total. The predicted molar refractivity (Wildman–Crippen MR) is 424 cm³/mol. The van der Waals surface area contributed by atoms with E-state index < -0.39 is 128 Å². The summed E-state index contributed by atoms with van der Waals surface area (Å²) in [6, 6.07) is 13.2. The molecule has 43 heteroatoms. The monoisotopic (exact) mass is 1800 g/mol. The Balaban J connectivity index is 0.0000216. The zero-order valence-electron chi connectivity index (χ0n) is 67.2. The zero-order valence-corrected chi connectivity index (χ0v) is 69.5. The van der Waals surface area contributed by atoms with Crippen molar-refractivity contribution in [2.24, 2.45) is 0 Å². The molecule has 3 amide bonds. The number of benzene rings is 3. The third kappa shape index (κ3) is 30.4. The fourth-order valence-corrected chi connectivity index (χ4v) is 14.1. The standard InChI is InChI=1S/C75H108N18O24.Gd/c1-52-37-55(76(4)61(94)40-79-13-19-82(43-64(97)98)25-31-88(49-70(109)110)32-26-83(20-14-79)44-65(99)100)7-10-58(52)91-73(115)92(59-11-8-56(38-53(59)2)77(5)62(95)41-80-15-21-84(45-66(101)102)27-33-89(50-71(111)112)34-28-85(22-16-80)46-67(103)104)75(117)93(74(91)116)60-12-9-57(39-54(60)3)78(6)63(96)42-81-17-23-86(47-68(105)106)29-35-90(51-72(113)114)36-30-87(24-18-81)48-69(107)108;/h7-12,37-39H,13-36,40-51H2,1-6H3,(H,97,98)(H,99,100)(H,101,102)(H,103,104)(H,105,106)(H,107,108)(H,109,110)(H,111,112)(H,113,114);/q;+3. The van der Waals surface area contributed by atoms with Crippen LogP contribution in [0.1, 0.15) is 16.7 Å². The molecule has 7 rings (SSSR count). The maximum atomic E-state index is 15.5. The third-order valence-electron chi connectivity index (χ3n) is 20.8. The van der Waals surface area contributed by atoms with Crippen molar-refractivity contribution in [2.45, 2.75) is 20.8 Å². The van der Waals surface area contributed by atoms with Crippen LogP contribution in [-0.4, -0.2) is 447 Å². The van der Waals surface area contributed by atoms with Crippen molar-refractivity contribution >= 4 is 88.5 Å². The molecule has 1 radical (unpaired) electrons. The van der Waals surface area contributed by atoms with Crippen LogP contribution in [0.15, 0.2) is 69.0 Å². The van der Waals surface area contributed by atoms with E-state index in [2.05, 4.69) is 0 Å². The minimum Gasteiger partial charge on any atom is -0.480 e. The average Bonchev–Trinajstić information content (AvgIpc) is 0.736. The maximum absolute atomic E-state index is 15.5. The number of nitrogens with zero attached hydrogens (tertiary/aromatic N) is 18. The number of anilines is 3. The Morgan fingerprint density at radius 1 is 0.246 bits per heavy atom. The molecule has 3 saturated heterocycles. The molecule has 3 fully saturated rings. The van der Waals surface area contributed by atoms with Crippen LogP contribution >= 0.6 is 0 Å². The van der Waals surface area contributed by atoms with Gasteiger partial charge in [-0.25, -0.2) is 28.1 Å². The van der Waals surface area contributed by atoms with Crippen molar-refractivity contribution in [3.63, 3.8) is 0 Å². The Morgan fingerprint density at radius 2 is 0.373 bits per heavy atom. The summed E-state index contributed by atoms with van der Waals surface area (Å²) >= 11 is 0. The van der Waals surface area contributed by atoms with Crippen molar-refractivity contribution in [3.8, 4) is 17.1 Å². The van der Waals surface area contributed by atoms with Gasteiger partial charge in [-0.1, -0.05) is 0 Å². The fraction of sp³-hybridized carbons (Fsp3) is 0.560. The van der Waals surface area contributed by atoms with Gasteiger partial charge in [-0.15, -0.1) is 0 Å². The number of aromatic nitrogens is 3. The molecule has 1 aromatic heterocycles. The fourth-order valence-electron chi connectivity index (χ4n) is 14.1. The van der Waals surface area contributed by atoms with E-state index in [4.69, 9.17) is 0 Å². The molecule has 42 nitrogen and oxygen atoms in total. The van der Waals surface area contributed by atoms with Crippen LogP contribution in [0, 0.1) is 60.7 Å². The quantitative estimate of drug-likeness (QED) is 0.0237. The molecule has 0 saturated carbocycles. The van der Waals surface area contributed by atoms with Crippen LogP contribution in [0.4, 0.5) is 17.1 Å². The van der Waals surface area contributed by atoms with E-state index in [1.807, 2.05) is 0 Å². The summed E-state index contributed by atoms with van der Waals surface area (Å²) in [5.41, 5.74) is -2.05. The summed E-state index contributed by atoms with van der Waals surface area (Å²) < 4.78 is 2.32. The summed E-state index contributed by atoms with van der Waals surface area (Å²) in [5, 5.41) is 87.7. The van der Waals surface area contributed by atoms with Gasteiger partial charge in [-0.05, 0) is 92.1 Å². The van der Waals surface area contributed by atoms with Crippen LogP contribution in [0.25, 0.3) is 17.1 Å². The molecule has 0 spiro atoms. The van der Waals surface area contributed by atoms with Crippen molar-refractivity contribution in [1.29, 1.82) is 0 Å². The number of aryl methyl sites for hydroxylation is 3. The average molecular weight is 1800 g/mol. The number of carboxylic acids is 9. The van der Waals surface area contributed by atoms with E-state index >= 15 is 14.4 Å². The molecule has 0 bridgehead atoms. The van der Waals surface area contributed by atoms with Gasteiger partial charge in [0, 0.05) is 195 Å². The SMILES string of the molecule is Cc1cc(N(C)C(=O)CN2CCN(CC(=O)O)CCN(CC(=O)O)CCN(CC(=O)O)CC2)ccc1-n1c(=O)n(-c2ccc(N(C)C(=O)CN3CCN(CC(=O)O)CCN(CC(=O)O)CCN(CC(=O)O)CC3)cc2C)c(=O)n(-c2ccc(N(C)C(=O)CN3CCN(CC(=O)O)CCN(CC(=O)O)CCN(CC(=O)O)CC3)cc2C)c1=O.[Gd+3]. The molecule has 4 aromatic rings.